The van der Waals surface area contributed by atoms with Gasteiger partial charge in [0, 0.05) is 18.6 Å². The molecular weight excluding hydrogens is 417 g/mol. The number of hydrogen-bond donors (Lipinski definition) is 2. The van der Waals surface area contributed by atoms with Crippen LogP contribution in [-0.2, 0) is 0 Å². The van der Waals surface area contributed by atoms with Gasteiger partial charge in [0.1, 0.15) is 0 Å². The lowest BCUT2D eigenvalue weighted by atomic mass is 10.1. The molecule has 1 aliphatic rings. The first kappa shape index (κ1) is 22.6. The van der Waals surface area contributed by atoms with Crippen LogP contribution in [0.5, 0.6) is 0 Å². The molecule has 0 radical (unpaired) electrons. The third-order valence-corrected chi connectivity index (χ3v) is 5.64. The van der Waals surface area contributed by atoms with Crippen LogP contribution in [0.1, 0.15) is 43.1 Å². The van der Waals surface area contributed by atoms with Crippen molar-refractivity contribution in [2.75, 3.05) is 13.1 Å². The minimum Gasteiger partial charge on any atom is -0.350 e. The molecule has 152 valence electrons. The van der Waals surface area contributed by atoms with Gasteiger partial charge in [0.25, 0.3) is 5.91 Å². The van der Waals surface area contributed by atoms with Crippen molar-refractivity contribution < 1.29 is 4.79 Å². The molecule has 9 heteroatoms. The number of pyridine rings is 1. The molecule has 1 atom stereocenters. The monoisotopic (exact) mass is 441 g/mol. The van der Waals surface area contributed by atoms with Crippen molar-refractivity contribution in [2.24, 2.45) is 0 Å². The molecule has 4 heterocycles. The molecule has 0 spiro atoms. The SMILES string of the molecule is CC(C)n1ncc2c(C(=O)NCC3CCCN3)cc(-c3cccs3)nc21.Cl.Cl. The third-order valence-electron chi connectivity index (χ3n) is 4.75. The zero-order valence-electron chi connectivity index (χ0n) is 15.8. The van der Waals surface area contributed by atoms with Crippen molar-refractivity contribution in [3.05, 3.63) is 35.3 Å². The van der Waals surface area contributed by atoms with Gasteiger partial charge in [0.15, 0.2) is 5.65 Å². The van der Waals surface area contributed by atoms with Crippen molar-refractivity contribution >= 4 is 53.1 Å². The Hall–Kier alpha value is -1.67. The standard InChI is InChI=1S/C19H23N5OS.2ClH/c1-12(2)24-18-15(11-22-24)14(9-16(23-18)17-6-4-8-26-17)19(25)21-10-13-5-3-7-20-13;;/h4,6,8-9,11-13,20H,3,5,7,10H2,1-2H3,(H,21,25);2*1H. The first-order chi connectivity index (χ1) is 12.6. The summed E-state index contributed by atoms with van der Waals surface area (Å²) in [5.74, 6) is -0.0628. The van der Waals surface area contributed by atoms with Gasteiger partial charge in [0.05, 0.1) is 27.7 Å². The van der Waals surface area contributed by atoms with E-state index in [1.807, 2.05) is 28.3 Å². The summed E-state index contributed by atoms with van der Waals surface area (Å²) in [4.78, 5) is 18.8. The Morgan fingerprint density at radius 2 is 2.25 bits per heavy atom. The molecule has 3 aromatic heterocycles. The molecule has 2 N–H and O–H groups in total. The first-order valence-electron chi connectivity index (χ1n) is 9.07. The minimum absolute atomic E-state index is 0. The average Bonchev–Trinajstić information content (AvgIpc) is 3.39. The Morgan fingerprint density at radius 1 is 1.43 bits per heavy atom. The molecule has 1 saturated heterocycles. The van der Waals surface area contributed by atoms with Crippen LogP contribution in [0.15, 0.2) is 29.8 Å². The Balaban J connectivity index is 0.00000140. The number of nitrogens with zero attached hydrogens (tertiary/aromatic N) is 3. The normalized spacial score (nSPS) is 16.0. The summed E-state index contributed by atoms with van der Waals surface area (Å²) in [6, 6.07) is 6.46. The van der Waals surface area contributed by atoms with Crippen molar-refractivity contribution in [2.45, 2.75) is 38.8 Å². The van der Waals surface area contributed by atoms with Crippen LogP contribution < -0.4 is 10.6 Å². The lowest BCUT2D eigenvalue weighted by molar-refractivity contribution is 0.0952. The Kier molecular flexibility index (Phi) is 7.83. The van der Waals surface area contributed by atoms with E-state index < -0.39 is 0 Å². The predicted molar refractivity (Wildman–Crippen MR) is 119 cm³/mol. The fourth-order valence-corrected chi connectivity index (χ4v) is 4.06. The molecule has 0 aliphatic carbocycles. The highest BCUT2D eigenvalue weighted by molar-refractivity contribution is 7.13. The Bertz CT molecular complexity index is 920. The van der Waals surface area contributed by atoms with E-state index in [1.165, 1.54) is 6.42 Å². The lowest BCUT2D eigenvalue weighted by Gasteiger charge is -2.13. The largest absolute Gasteiger partial charge is 0.350 e. The quantitative estimate of drug-likeness (QED) is 0.625. The van der Waals surface area contributed by atoms with E-state index in [9.17, 15) is 4.79 Å². The van der Waals surface area contributed by atoms with Crippen molar-refractivity contribution in [3.63, 3.8) is 0 Å². The van der Waals surface area contributed by atoms with Gasteiger partial charge < -0.3 is 10.6 Å². The summed E-state index contributed by atoms with van der Waals surface area (Å²) >= 11 is 1.62. The maximum absolute atomic E-state index is 12.9. The number of fused-ring (bicyclic) bond motifs is 1. The molecule has 1 amide bonds. The number of hydrogen-bond acceptors (Lipinski definition) is 5. The molecule has 0 saturated carbocycles. The second-order valence-corrected chi connectivity index (χ2v) is 7.90. The Morgan fingerprint density at radius 3 is 2.89 bits per heavy atom. The highest BCUT2D eigenvalue weighted by Gasteiger charge is 2.20. The lowest BCUT2D eigenvalue weighted by Crippen LogP contribution is -2.37. The molecule has 1 unspecified atom stereocenters. The molecule has 1 fully saturated rings. The highest BCUT2D eigenvalue weighted by Crippen LogP contribution is 2.28. The highest BCUT2D eigenvalue weighted by atomic mass is 35.5. The molecule has 3 aromatic rings. The minimum atomic E-state index is -0.0628. The van der Waals surface area contributed by atoms with E-state index in [-0.39, 0.29) is 36.8 Å². The van der Waals surface area contributed by atoms with E-state index >= 15 is 0 Å². The summed E-state index contributed by atoms with van der Waals surface area (Å²) in [7, 11) is 0. The zero-order valence-corrected chi connectivity index (χ0v) is 18.3. The van der Waals surface area contributed by atoms with Crippen LogP contribution in [-0.4, -0.2) is 39.8 Å². The molecule has 28 heavy (non-hydrogen) atoms. The van der Waals surface area contributed by atoms with Gasteiger partial charge in [-0.05, 0) is 50.7 Å². The number of aromatic nitrogens is 3. The molecule has 1 aliphatic heterocycles. The fraction of sp³-hybridized carbons (Fsp3) is 0.421. The van der Waals surface area contributed by atoms with Gasteiger partial charge >= 0.3 is 0 Å². The fourth-order valence-electron chi connectivity index (χ4n) is 3.38. The van der Waals surface area contributed by atoms with Gasteiger partial charge in [-0.1, -0.05) is 6.07 Å². The van der Waals surface area contributed by atoms with Crippen LogP contribution in [0, 0.1) is 0 Å². The summed E-state index contributed by atoms with van der Waals surface area (Å²) in [6.45, 7) is 5.81. The number of halogens is 2. The number of carbonyl (C=O) groups excluding carboxylic acids is 1. The Labute approximate surface area is 180 Å². The van der Waals surface area contributed by atoms with Crippen LogP contribution in [0.25, 0.3) is 21.6 Å². The second kappa shape index (κ2) is 9.69. The molecular formula is C19H25Cl2N5OS. The van der Waals surface area contributed by atoms with Crippen molar-refractivity contribution in [1.29, 1.82) is 0 Å². The van der Waals surface area contributed by atoms with E-state index in [1.54, 1.807) is 17.5 Å². The number of carbonyl (C=O) groups is 1. The van der Waals surface area contributed by atoms with Gasteiger partial charge in [-0.15, -0.1) is 36.2 Å². The van der Waals surface area contributed by atoms with E-state index in [4.69, 9.17) is 4.98 Å². The van der Waals surface area contributed by atoms with Gasteiger partial charge in [-0.25, -0.2) is 9.67 Å². The first-order valence-corrected chi connectivity index (χ1v) is 9.95. The molecule has 0 bridgehead atoms. The molecule has 0 aromatic carbocycles. The van der Waals surface area contributed by atoms with Crippen molar-refractivity contribution in [1.82, 2.24) is 25.4 Å². The number of rotatable bonds is 5. The molecule has 6 nitrogen and oxygen atoms in total. The zero-order chi connectivity index (χ0) is 18.1. The third kappa shape index (κ3) is 4.49. The maximum atomic E-state index is 12.9. The topological polar surface area (TPSA) is 71.8 Å². The van der Waals surface area contributed by atoms with Crippen LogP contribution in [0.3, 0.4) is 0 Å². The van der Waals surface area contributed by atoms with Crippen LogP contribution in [0.2, 0.25) is 0 Å². The second-order valence-electron chi connectivity index (χ2n) is 6.96. The van der Waals surface area contributed by atoms with Gasteiger partial charge in [-0.3, -0.25) is 4.79 Å². The number of thiophene rings is 1. The predicted octanol–water partition coefficient (Wildman–Crippen LogP) is 4.07. The maximum Gasteiger partial charge on any atom is 0.252 e. The average molecular weight is 442 g/mol. The smallest absolute Gasteiger partial charge is 0.252 e. The van der Waals surface area contributed by atoms with Crippen molar-refractivity contribution in [3.8, 4) is 10.6 Å². The van der Waals surface area contributed by atoms with E-state index in [0.29, 0.717) is 18.2 Å². The van der Waals surface area contributed by atoms with Gasteiger partial charge in [0.2, 0.25) is 0 Å². The number of nitrogens with one attached hydrogen (secondary N) is 2. The summed E-state index contributed by atoms with van der Waals surface area (Å²) in [5, 5.41) is 13.8. The summed E-state index contributed by atoms with van der Waals surface area (Å²) in [6.07, 6.45) is 4.03. The van der Waals surface area contributed by atoms with Gasteiger partial charge in [-0.2, -0.15) is 5.10 Å². The van der Waals surface area contributed by atoms with Crippen LogP contribution >= 0.6 is 36.2 Å². The van der Waals surface area contributed by atoms with Crippen LogP contribution in [0.4, 0.5) is 0 Å². The molecule has 4 rings (SSSR count). The summed E-state index contributed by atoms with van der Waals surface area (Å²) < 4.78 is 1.88. The van der Waals surface area contributed by atoms with E-state index in [2.05, 4.69) is 29.6 Å². The van der Waals surface area contributed by atoms with E-state index in [0.717, 1.165) is 34.6 Å². The number of amides is 1. The summed E-state index contributed by atoms with van der Waals surface area (Å²) in [5.41, 5.74) is 2.22.